The van der Waals surface area contributed by atoms with Crippen molar-refractivity contribution in [3.05, 3.63) is 217 Å². The number of anilines is 6. The number of hydrogen-bond acceptors (Lipinski definition) is 2. The van der Waals surface area contributed by atoms with Crippen LogP contribution in [0.5, 0.6) is 0 Å². The van der Waals surface area contributed by atoms with Crippen molar-refractivity contribution in [1.29, 1.82) is 0 Å². The number of benzene rings is 10. The quantitative estimate of drug-likeness (QED) is 0.174. The van der Waals surface area contributed by atoms with Crippen molar-refractivity contribution in [1.82, 2.24) is 0 Å². The van der Waals surface area contributed by atoms with Crippen molar-refractivity contribution in [3.8, 4) is 11.1 Å². The molecule has 1 aliphatic rings. The molecular weight excluding hydrogens is 689 g/mol. The lowest BCUT2D eigenvalue weighted by Crippen LogP contribution is -2.31. The maximum Gasteiger partial charge on any atom is 0.0781 e. The van der Waals surface area contributed by atoms with Crippen LogP contribution in [0.4, 0.5) is 34.1 Å². The smallest absolute Gasteiger partial charge is 0.0781 e. The first-order chi connectivity index (χ1) is 28.0. The first-order valence-corrected chi connectivity index (χ1v) is 19.9. The summed E-state index contributed by atoms with van der Waals surface area (Å²) < 4.78 is 0. The molecule has 10 aromatic rings. The molecule has 0 saturated carbocycles. The fraction of sp³-hybridized carbons (Fsp3) is 0.0545. The van der Waals surface area contributed by atoms with E-state index in [0.29, 0.717) is 0 Å². The minimum atomic E-state index is -0.262. The van der Waals surface area contributed by atoms with Crippen LogP contribution in [0.15, 0.2) is 206 Å². The predicted molar refractivity (Wildman–Crippen MR) is 243 cm³/mol. The standard InChI is InChI=1S/C55H40N2/c1-55(2)48-26-11-12-27-51(48)57(52-33-31-42(36-49(52)55)45-25-13-20-38-16-5-8-22-44(38)45)54-47-24-10-7-18-40(47)30-34-53(54)56(43-32-29-37-15-3-4-19-41(37)35-43)50-28-14-21-39-17-6-9-23-46(39)50/h3-36H,1-2H3. The summed E-state index contributed by atoms with van der Waals surface area (Å²) in [5, 5.41) is 9.75. The fourth-order valence-electron chi connectivity index (χ4n) is 9.38. The third kappa shape index (κ3) is 5.25. The van der Waals surface area contributed by atoms with Gasteiger partial charge in [0, 0.05) is 21.9 Å². The predicted octanol–water partition coefficient (Wildman–Crippen LogP) is 15.5. The molecule has 0 aliphatic carbocycles. The molecule has 57 heavy (non-hydrogen) atoms. The summed E-state index contributed by atoms with van der Waals surface area (Å²) in [5.74, 6) is 0. The second kappa shape index (κ2) is 13.0. The summed E-state index contributed by atoms with van der Waals surface area (Å²) in [6.45, 7) is 4.77. The molecule has 0 atom stereocenters. The summed E-state index contributed by atoms with van der Waals surface area (Å²) in [6, 6.07) is 76.0. The highest BCUT2D eigenvalue weighted by molar-refractivity contribution is 6.11. The van der Waals surface area contributed by atoms with Gasteiger partial charge in [-0.25, -0.2) is 0 Å². The Kier molecular flexibility index (Phi) is 7.55. The summed E-state index contributed by atoms with van der Waals surface area (Å²) in [4.78, 5) is 5.04. The Morgan fingerprint density at radius 1 is 0.386 bits per heavy atom. The average molecular weight is 729 g/mol. The van der Waals surface area contributed by atoms with E-state index in [0.717, 1.165) is 22.7 Å². The molecular formula is C55H40N2. The number of hydrogen-bond donors (Lipinski definition) is 0. The van der Waals surface area contributed by atoms with Crippen molar-refractivity contribution in [2.24, 2.45) is 0 Å². The highest BCUT2D eigenvalue weighted by atomic mass is 15.2. The maximum atomic E-state index is 2.56. The van der Waals surface area contributed by atoms with Gasteiger partial charge in [0.1, 0.15) is 0 Å². The second-order valence-corrected chi connectivity index (χ2v) is 15.8. The van der Waals surface area contributed by atoms with Gasteiger partial charge in [0.25, 0.3) is 0 Å². The van der Waals surface area contributed by atoms with Crippen LogP contribution in [-0.2, 0) is 5.41 Å². The highest BCUT2D eigenvalue weighted by Crippen LogP contribution is 2.57. The van der Waals surface area contributed by atoms with E-state index in [1.54, 1.807) is 0 Å². The first kappa shape index (κ1) is 33.2. The topological polar surface area (TPSA) is 6.48 Å². The van der Waals surface area contributed by atoms with Crippen molar-refractivity contribution in [2.45, 2.75) is 19.3 Å². The molecule has 0 N–H and O–H groups in total. The Hall–Kier alpha value is -7.16. The van der Waals surface area contributed by atoms with E-state index in [4.69, 9.17) is 0 Å². The van der Waals surface area contributed by atoms with E-state index < -0.39 is 0 Å². The maximum absolute atomic E-state index is 2.56. The molecule has 0 spiro atoms. The lowest BCUT2D eigenvalue weighted by atomic mass is 9.72. The van der Waals surface area contributed by atoms with Crippen LogP contribution in [0, 0.1) is 0 Å². The fourth-order valence-corrected chi connectivity index (χ4v) is 9.38. The second-order valence-electron chi connectivity index (χ2n) is 15.8. The molecule has 0 aromatic heterocycles. The molecule has 270 valence electrons. The van der Waals surface area contributed by atoms with Crippen LogP contribution >= 0.6 is 0 Å². The highest BCUT2D eigenvalue weighted by Gasteiger charge is 2.39. The first-order valence-electron chi connectivity index (χ1n) is 19.9. The van der Waals surface area contributed by atoms with E-state index in [1.807, 2.05) is 0 Å². The average Bonchev–Trinajstić information content (AvgIpc) is 3.27. The molecule has 11 rings (SSSR count). The molecule has 0 unspecified atom stereocenters. The molecule has 1 aliphatic heterocycles. The van der Waals surface area contributed by atoms with Gasteiger partial charge in [-0.15, -0.1) is 0 Å². The normalized spacial score (nSPS) is 13.2. The SMILES string of the molecule is CC1(C)c2ccccc2N(c2c(N(c3ccc4ccccc4c3)c3cccc4ccccc34)ccc3ccccc23)c2ccc(-c3cccc4ccccc34)cc21. The molecule has 2 nitrogen and oxygen atoms in total. The van der Waals surface area contributed by atoms with Crippen LogP contribution < -0.4 is 9.80 Å². The van der Waals surface area contributed by atoms with Crippen molar-refractivity contribution >= 4 is 77.2 Å². The molecule has 0 saturated heterocycles. The van der Waals surface area contributed by atoms with Crippen LogP contribution in [-0.4, -0.2) is 0 Å². The van der Waals surface area contributed by atoms with Crippen molar-refractivity contribution in [2.75, 3.05) is 9.80 Å². The number of fused-ring (bicyclic) bond motifs is 6. The van der Waals surface area contributed by atoms with Gasteiger partial charge >= 0.3 is 0 Å². The summed E-state index contributed by atoms with van der Waals surface area (Å²) in [7, 11) is 0. The monoisotopic (exact) mass is 728 g/mol. The van der Waals surface area contributed by atoms with Crippen LogP contribution in [0.3, 0.4) is 0 Å². The molecule has 10 aromatic carbocycles. The number of rotatable bonds is 5. The van der Waals surface area contributed by atoms with Crippen LogP contribution in [0.2, 0.25) is 0 Å². The van der Waals surface area contributed by atoms with Gasteiger partial charge in [-0.3, -0.25) is 0 Å². The zero-order chi connectivity index (χ0) is 38.1. The van der Waals surface area contributed by atoms with E-state index in [2.05, 4.69) is 230 Å². The Bertz CT molecular complexity index is 3180. The summed E-state index contributed by atoms with van der Waals surface area (Å²) in [6.07, 6.45) is 0. The Labute approximate surface area is 333 Å². The van der Waals surface area contributed by atoms with Gasteiger partial charge in [-0.05, 0) is 97.0 Å². The molecule has 0 amide bonds. The van der Waals surface area contributed by atoms with Gasteiger partial charge < -0.3 is 9.80 Å². The van der Waals surface area contributed by atoms with Gasteiger partial charge in [0.05, 0.1) is 28.4 Å². The molecule has 2 heteroatoms. The van der Waals surface area contributed by atoms with Gasteiger partial charge in [0.2, 0.25) is 0 Å². The van der Waals surface area contributed by atoms with E-state index in [-0.39, 0.29) is 5.41 Å². The Balaban J connectivity index is 1.23. The largest absolute Gasteiger partial charge is 0.308 e. The molecule has 0 bridgehead atoms. The van der Waals surface area contributed by atoms with Crippen LogP contribution in [0.1, 0.15) is 25.0 Å². The third-order valence-corrected chi connectivity index (χ3v) is 12.2. The number of nitrogens with zero attached hydrogens (tertiary/aromatic N) is 2. The lowest BCUT2D eigenvalue weighted by Gasteiger charge is -2.44. The van der Waals surface area contributed by atoms with E-state index >= 15 is 0 Å². The van der Waals surface area contributed by atoms with Gasteiger partial charge in [0.15, 0.2) is 0 Å². The molecule has 0 radical (unpaired) electrons. The van der Waals surface area contributed by atoms with Crippen LogP contribution in [0.25, 0.3) is 54.2 Å². The van der Waals surface area contributed by atoms with Gasteiger partial charge in [-0.1, -0.05) is 178 Å². The van der Waals surface area contributed by atoms with Crippen molar-refractivity contribution in [3.63, 3.8) is 0 Å². The lowest BCUT2D eigenvalue weighted by molar-refractivity contribution is 0.632. The molecule has 1 heterocycles. The molecule has 0 fully saturated rings. The Morgan fingerprint density at radius 2 is 0.965 bits per heavy atom. The minimum Gasteiger partial charge on any atom is -0.308 e. The van der Waals surface area contributed by atoms with Gasteiger partial charge in [-0.2, -0.15) is 0 Å². The minimum absolute atomic E-state index is 0.262. The van der Waals surface area contributed by atoms with E-state index in [9.17, 15) is 0 Å². The Morgan fingerprint density at radius 3 is 1.77 bits per heavy atom. The van der Waals surface area contributed by atoms with E-state index in [1.165, 1.54) is 76.7 Å². The number of para-hydroxylation sites is 1. The zero-order valence-corrected chi connectivity index (χ0v) is 32.0. The summed E-state index contributed by atoms with van der Waals surface area (Å²) >= 11 is 0. The zero-order valence-electron chi connectivity index (χ0n) is 32.0. The van der Waals surface area contributed by atoms with Crippen molar-refractivity contribution < 1.29 is 0 Å². The third-order valence-electron chi connectivity index (χ3n) is 12.2. The summed E-state index contributed by atoms with van der Waals surface area (Å²) in [5.41, 5.74) is 11.7.